The molecular weight excluding hydrogens is 206 g/mol. The Morgan fingerprint density at radius 1 is 1.25 bits per heavy atom. The summed E-state index contributed by atoms with van der Waals surface area (Å²) in [7, 11) is 0. The molecule has 0 saturated carbocycles. The number of carbonyl (C=O) groups excluding carboxylic acids is 1. The molecule has 0 spiro atoms. The zero-order valence-corrected chi connectivity index (χ0v) is 10.2. The van der Waals surface area contributed by atoms with Crippen molar-refractivity contribution in [2.24, 2.45) is 0 Å². The molecule has 1 amide bonds. The van der Waals surface area contributed by atoms with Gasteiger partial charge in [-0.05, 0) is 20.3 Å². The number of hydrogen-bond acceptors (Lipinski definition) is 4. The van der Waals surface area contributed by atoms with E-state index in [2.05, 4.69) is 10.2 Å². The first kappa shape index (κ1) is 11.8. The lowest BCUT2D eigenvalue weighted by Crippen LogP contribution is -2.60. The highest BCUT2D eigenvalue weighted by atomic mass is 16.7. The van der Waals surface area contributed by atoms with Gasteiger partial charge in [0.15, 0.2) is 0 Å². The summed E-state index contributed by atoms with van der Waals surface area (Å²) in [5.74, 6) is 0.0897. The molecule has 0 bridgehead atoms. The first-order valence-corrected chi connectivity index (χ1v) is 6.03. The molecule has 0 aliphatic carbocycles. The van der Waals surface area contributed by atoms with E-state index in [0.717, 1.165) is 39.1 Å². The average Bonchev–Trinajstić information content (AvgIpc) is 2.82. The molecule has 16 heavy (non-hydrogen) atoms. The minimum absolute atomic E-state index is 0.0897. The first-order valence-electron chi connectivity index (χ1n) is 6.03. The zero-order valence-electron chi connectivity index (χ0n) is 10.2. The highest BCUT2D eigenvalue weighted by molar-refractivity contribution is 5.84. The fraction of sp³-hybridized carbons (Fsp3) is 0.909. The summed E-state index contributed by atoms with van der Waals surface area (Å²) in [5, 5.41) is 4.83. The summed E-state index contributed by atoms with van der Waals surface area (Å²) in [6.45, 7) is 9.14. The molecule has 5 heteroatoms. The summed E-state index contributed by atoms with van der Waals surface area (Å²) in [6.07, 6.45) is 0.948. The zero-order chi connectivity index (χ0) is 11.6. The Balaban J connectivity index is 2.01. The third-order valence-electron chi connectivity index (χ3n) is 3.41. The van der Waals surface area contributed by atoms with E-state index in [1.54, 1.807) is 0 Å². The van der Waals surface area contributed by atoms with Crippen LogP contribution in [0.15, 0.2) is 0 Å². The summed E-state index contributed by atoms with van der Waals surface area (Å²) in [6, 6.07) is 0. The van der Waals surface area contributed by atoms with E-state index >= 15 is 0 Å². The van der Waals surface area contributed by atoms with Crippen LogP contribution in [-0.4, -0.2) is 60.7 Å². The minimum Gasteiger partial charge on any atom is -0.314 e. The molecule has 2 aliphatic rings. The molecule has 0 unspecified atom stereocenters. The third-order valence-corrected chi connectivity index (χ3v) is 3.41. The van der Waals surface area contributed by atoms with E-state index in [4.69, 9.17) is 4.84 Å². The highest BCUT2D eigenvalue weighted by Crippen LogP contribution is 2.20. The molecule has 1 N–H and O–H groups in total. The molecule has 2 heterocycles. The van der Waals surface area contributed by atoms with Crippen LogP contribution in [0.25, 0.3) is 0 Å². The predicted molar refractivity (Wildman–Crippen MR) is 60.8 cm³/mol. The number of hydrogen-bond donors (Lipinski definition) is 1. The maximum atomic E-state index is 12.3. The highest BCUT2D eigenvalue weighted by Gasteiger charge is 2.39. The summed E-state index contributed by atoms with van der Waals surface area (Å²) in [4.78, 5) is 19.9. The number of amides is 1. The maximum absolute atomic E-state index is 12.3. The maximum Gasteiger partial charge on any atom is 0.266 e. The van der Waals surface area contributed by atoms with Crippen molar-refractivity contribution in [3.05, 3.63) is 0 Å². The lowest BCUT2D eigenvalue weighted by molar-refractivity contribution is -0.180. The molecule has 2 rings (SSSR count). The smallest absolute Gasteiger partial charge is 0.266 e. The van der Waals surface area contributed by atoms with Crippen LogP contribution < -0.4 is 5.32 Å². The van der Waals surface area contributed by atoms with Gasteiger partial charge in [0.05, 0.1) is 18.7 Å². The molecule has 0 aromatic carbocycles. The lowest BCUT2D eigenvalue weighted by Gasteiger charge is -2.41. The largest absolute Gasteiger partial charge is 0.314 e. The van der Waals surface area contributed by atoms with E-state index in [0.29, 0.717) is 6.61 Å². The van der Waals surface area contributed by atoms with Crippen LogP contribution in [0.1, 0.15) is 20.3 Å². The monoisotopic (exact) mass is 227 g/mol. The average molecular weight is 227 g/mol. The fourth-order valence-electron chi connectivity index (χ4n) is 2.27. The lowest BCUT2D eigenvalue weighted by atomic mass is 10.0. The topological polar surface area (TPSA) is 44.8 Å². The van der Waals surface area contributed by atoms with E-state index < -0.39 is 5.54 Å². The van der Waals surface area contributed by atoms with E-state index in [1.165, 1.54) is 5.06 Å². The number of nitrogens with zero attached hydrogens (tertiary/aromatic N) is 2. The van der Waals surface area contributed by atoms with Gasteiger partial charge in [-0.15, -0.1) is 0 Å². The van der Waals surface area contributed by atoms with Crippen LogP contribution in [0, 0.1) is 0 Å². The molecule has 2 fully saturated rings. The van der Waals surface area contributed by atoms with Crippen molar-refractivity contribution in [3.63, 3.8) is 0 Å². The molecule has 0 atom stereocenters. The summed E-state index contributed by atoms with van der Waals surface area (Å²) in [5.41, 5.74) is -0.452. The van der Waals surface area contributed by atoms with E-state index in [1.807, 2.05) is 13.8 Å². The van der Waals surface area contributed by atoms with Gasteiger partial charge in [0.1, 0.15) is 0 Å². The number of nitrogens with one attached hydrogen (secondary N) is 1. The Kier molecular flexibility index (Phi) is 3.47. The Bertz CT molecular complexity index is 256. The Morgan fingerprint density at radius 2 is 1.94 bits per heavy atom. The van der Waals surface area contributed by atoms with E-state index in [9.17, 15) is 4.79 Å². The Hall–Kier alpha value is -0.650. The molecule has 92 valence electrons. The van der Waals surface area contributed by atoms with Crippen molar-refractivity contribution in [2.75, 3.05) is 39.3 Å². The van der Waals surface area contributed by atoms with Crippen LogP contribution in [-0.2, 0) is 9.63 Å². The molecule has 0 radical (unpaired) electrons. The van der Waals surface area contributed by atoms with Gasteiger partial charge < -0.3 is 5.32 Å². The van der Waals surface area contributed by atoms with Crippen LogP contribution >= 0.6 is 0 Å². The van der Waals surface area contributed by atoms with Crippen molar-refractivity contribution in [3.8, 4) is 0 Å². The van der Waals surface area contributed by atoms with Gasteiger partial charge in [-0.25, -0.2) is 5.06 Å². The third kappa shape index (κ3) is 2.21. The normalized spacial score (nSPS) is 23.8. The van der Waals surface area contributed by atoms with Crippen molar-refractivity contribution in [2.45, 2.75) is 25.8 Å². The molecule has 0 aromatic heterocycles. The van der Waals surface area contributed by atoms with E-state index in [-0.39, 0.29) is 5.91 Å². The molecule has 0 aromatic rings. The molecule has 2 aliphatic heterocycles. The van der Waals surface area contributed by atoms with Gasteiger partial charge >= 0.3 is 0 Å². The van der Waals surface area contributed by atoms with Gasteiger partial charge in [-0.2, -0.15) is 0 Å². The van der Waals surface area contributed by atoms with Gasteiger partial charge in [0.25, 0.3) is 5.91 Å². The first-order chi connectivity index (χ1) is 7.62. The quantitative estimate of drug-likeness (QED) is 0.711. The second kappa shape index (κ2) is 4.69. The number of piperazine rings is 1. The fourth-order valence-corrected chi connectivity index (χ4v) is 2.27. The molecule has 5 nitrogen and oxygen atoms in total. The van der Waals surface area contributed by atoms with Gasteiger partial charge in [-0.1, -0.05) is 0 Å². The van der Waals surface area contributed by atoms with Crippen molar-refractivity contribution in [1.29, 1.82) is 0 Å². The standard InChI is InChI=1S/C11H21N3O2/c1-11(2,13-7-4-12-5-8-13)10(15)14-6-3-9-16-14/h12H,3-9H2,1-2H3. The van der Waals surface area contributed by atoms with Crippen molar-refractivity contribution >= 4 is 5.91 Å². The van der Waals surface area contributed by atoms with Gasteiger partial charge in [-0.3, -0.25) is 14.5 Å². The van der Waals surface area contributed by atoms with Gasteiger partial charge in [0.2, 0.25) is 0 Å². The van der Waals surface area contributed by atoms with Gasteiger partial charge in [0, 0.05) is 26.2 Å². The number of hydroxylamine groups is 2. The minimum atomic E-state index is -0.452. The van der Waals surface area contributed by atoms with Crippen molar-refractivity contribution in [1.82, 2.24) is 15.3 Å². The number of rotatable bonds is 2. The number of carbonyl (C=O) groups is 1. The Morgan fingerprint density at radius 3 is 2.50 bits per heavy atom. The second-order valence-corrected chi connectivity index (χ2v) is 4.89. The second-order valence-electron chi connectivity index (χ2n) is 4.89. The molecular formula is C11H21N3O2. The van der Waals surface area contributed by atoms with Crippen molar-refractivity contribution < 1.29 is 9.63 Å². The van der Waals surface area contributed by atoms with Crippen LogP contribution in [0.3, 0.4) is 0 Å². The van der Waals surface area contributed by atoms with Crippen LogP contribution in [0.4, 0.5) is 0 Å². The predicted octanol–water partition coefficient (Wildman–Crippen LogP) is -0.166. The molecule has 2 saturated heterocycles. The summed E-state index contributed by atoms with van der Waals surface area (Å²) >= 11 is 0. The van der Waals surface area contributed by atoms with Crippen LogP contribution in [0.2, 0.25) is 0 Å². The summed E-state index contributed by atoms with van der Waals surface area (Å²) < 4.78 is 0. The van der Waals surface area contributed by atoms with Crippen LogP contribution in [0.5, 0.6) is 0 Å². The Labute approximate surface area is 96.7 Å². The SMILES string of the molecule is CC(C)(C(=O)N1CCCO1)N1CCNCC1.